The summed E-state index contributed by atoms with van der Waals surface area (Å²) in [7, 11) is 3.67. The van der Waals surface area contributed by atoms with Gasteiger partial charge >= 0.3 is 0 Å². The van der Waals surface area contributed by atoms with Gasteiger partial charge in [-0.15, -0.1) is 0 Å². The third kappa shape index (κ3) is 4.08. The second-order valence-electron chi connectivity index (χ2n) is 5.36. The van der Waals surface area contributed by atoms with Gasteiger partial charge in [0.15, 0.2) is 0 Å². The monoisotopic (exact) mass is 283 g/mol. The van der Waals surface area contributed by atoms with Gasteiger partial charge in [0.1, 0.15) is 5.75 Å². The van der Waals surface area contributed by atoms with E-state index in [0.717, 1.165) is 12.3 Å². The Labute approximate surface area is 128 Å². The first kappa shape index (κ1) is 15.6. The van der Waals surface area contributed by atoms with Crippen molar-refractivity contribution in [3.63, 3.8) is 0 Å². The van der Waals surface area contributed by atoms with Crippen molar-refractivity contribution in [2.75, 3.05) is 14.2 Å². The van der Waals surface area contributed by atoms with Gasteiger partial charge in [-0.3, -0.25) is 0 Å². The minimum absolute atomic E-state index is 0.811. The normalized spacial score (nSPS) is 10.6. The lowest BCUT2D eigenvalue weighted by atomic mass is 9.99. The standard InChI is InChI=1S/C19H25NO/c1-4-5-6-15-7-9-16(10-8-15)17-11-12-19(21-3)18(13-17)14-20-2/h7-13,20H,4-6,14H2,1-3H3. The average molecular weight is 283 g/mol. The predicted molar refractivity (Wildman–Crippen MR) is 89.8 cm³/mol. The van der Waals surface area contributed by atoms with Crippen molar-refractivity contribution in [2.45, 2.75) is 32.7 Å². The summed E-state index contributed by atoms with van der Waals surface area (Å²) in [6.07, 6.45) is 3.67. The molecule has 1 N–H and O–H groups in total. The molecule has 2 heteroatoms. The molecule has 2 nitrogen and oxygen atoms in total. The molecule has 2 aromatic rings. The lowest BCUT2D eigenvalue weighted by Gasteiger charge is -2.11. The maximum absolute atomic E-state index is 5.41. The smallest absolute Gasteiger partial charge is 0.123 e. The highest BCUT2D eigenvalue weighted by molar-refractivity contribution is 5.66. The molecule has 2 rings (SSSR count). The molecule has 0 radical (unpaired) electrons. The summed E-state index contributed by atoms with van der Waals surface area (Å²) in [5.74, 6) is 0.938. The average Bonchev–Trinajstić information content (AvgIpc) is 2.53. The number of methoxy groups -OCH3 is 1. The van der Waals surface area contributed by atoms with E-state index in [1.807, 2.05) is 13.1 Å². The largest absolute Gasteiger partial charge is 0.496 e. The van der Waals surface area contributed by atoms with E-state index in [1.165, 1.54) is 41.5 Å². The Morgan fingerprint density at radius 1 is 1.00 bits per heavy atom. The summed E-state index contributed by atoms with van der Waals surface area (Å²) in [5, 5.41) is 3.19. The first-order valence-electron chi connectivity index (χ1n) is 7.69. The maximum Gasteiger partial charge on any atom is 0.123 e. The molecule has 0 unspecified atom stereocenters. The zero-order chi connectivity index (χ0) is 15.1. The van der Waals surface area contributed by atoms with Gasteiger partial charge in [-0.25, -0.2) is 0 Å². The third-order valence-corrected chi connectivity index (χ3v) is 3.75. The molecule has 2 aromatic carbocycles. The van der Waals surface area contributed by atoms with Crippen molar-refractivity contribution in [2.24, 2.45) is 0 Å². The lowest BCUT2D eigenvalue weighted by molar-refractivity contribution is 0.408. The van der Waals surface area contributed by atoms with Crippen LogP contribution in [-0.4, -0.2) is 14.2 Å². The number of nitrogens with one attached hydrogen (secondary N) is 1. The van der Waals surface area contributed by atoms with E-state index < -0.39 is 0 Å². The molecule has 21 heavy (non-hydrogen) atoms. The number of unbranched alkanes of at least 4 members (excludes halogenated alkanes) is 1. The minimum atomic E-state index is 0.811. The van der Waals surface area contributed by atoms with E-state index >= 15 is 0 Å². The van der Waals surface area contributed by atoms with Crippen LogP contribution in [0.5, 0.6) is 5.75 Å². The number of rotatable bonds is 7. The van der Waals surface area contributed by atoms with Crippen LogP contribution in [0.1, 0.15) is 30.9 Å². The SMILES string of the molecule is CCCCc1ccc(-c2ccc(OC)c(CNC)c2)cc1. The Morgan fingerprint density at radius 2 is 1.71 bits per heavy atom. The lowest BCUT2D eigenvalue weighted by Crippen LogP contribution is -2.06. The Bertz CT molecular complexity index is 560. The molecule has 0 amide bonds. The van der Waals surface area contributed by atoms with E-state index in [4.69, 9.17) is 4.74 Å². The summed E-state index contributed by atoms with van der Waals surface area (Å²) in [5.41, 5.74) is 5.11. The Hall–Kier alpha value is -1.80. The first-order chi connectivity index (χ1) is 10.3. The second kappa shape index (κ2) is 7.84. The minimum Gasteiger partial charge on any atom is -0.496 e. The highest BCUT2D eigenvalue weighted by Crippen LogP contribution is 2.27. The number of hydrogen-bond donors (Lipinski definition) is 1. The zero-order valence-corrected chi connectivity index (χ0v) is 13.3. The quantitative estimate of drug-likeness (QED) is 0.812. The molecule has 0 aliphatic rings. The molecule has 0 aliphatic heterocycles. The summed E-state index contributed by atoms with van der Waals surface area (Å²) >= 11 is 0. The fourth-order valence-corrected chi connectivity index (χ4v) is 2.53. The van der Waals surface area contributed by atoms with E-state index in [1.54, 1.807) is 7.11 Å². The van der Waals surface area contributed by atoms with Gasteiger partial charge < -0.3 is 10.1 Å². The van der Waals surface area contributed by atoms with Gasteiger partial charge in [-0.1, -0.05) is 43.7 Å². The van der Waals surface area contributed by atoms with Crippen LogP contribution in [0.3, 0.4) is 0 Å². The van der Waals surface area contributed by atoms with Crippen LogP contribution >= 0.6 is 0 Å². The predicted octanol–water partition coefficient (Wildman–Crippen LogP) is 4.42. The van der Waals surface area contributed by atoms with Crippen LogP contribution in [0.25, 0.3) is 11.1 Å². The van der Waals surface area contributed by atoms with Crippen molar-refractivity contribution in [3.8, 4) is 16.9 Å². The molecule has 0 spiro atoms. The van der Waals surface area contributed by atoms with Crippen LogP contribution in [0.15, 0.2) is 42.5 Å². The second-order valence-corrected chi connectivity index (χ2v) is 5.36. The Kier molecular flexibility index (Phi) is 5.82. The molecule has 0 aromatic heterocycles. The van der Waals surface area contributed by atoms with Crippen molar-refractivity contribution in [1.82, 2.24) is 5.32 Å². The van der Waals surface area contributed by atoms with Gasteiger partial charge in [0, 0.05) is 12.1 Å². The molecule has 0 atom stereocenters. The Balaban J connectivity index is 2.22. The summed E-state index contributed by atoms with van der Waals surface area (Å²) < 4.78 is 5.41. The summed E-state index contributed by atoms with van der Waals surface area (Å²) in [4.78, 5) is 0. The van der Waals surface area contributed by atoms with E-state index in [9.17, 15) is 0 Å². The zero-order valence-electron chi connectivity index (χ0n) is 13.3. The topological polar surface area (TPSA) is 21.3 Å². The number of benzene rings is 2. The van der Waals surface area contributed by atoms with Crippen molar-refractivity contribution in [3.05, 3.63) is 53.6 Å². The van der Waals surface area contributed by atoms with Crippen LogP contribution in [0.4, 0.5) is 0 Å². The molecule has 0 bridgehead atoms. The van der Waals surface area contributed by atoms with Crippen LogP contribution in [0, 0.1) is 0 Å². The van der Waals surface area contributed by atoms with Gasteiger partial charge in [0.25, 0.3) is 0 Å². The Morgan fingerprint density at radius 3 is 2.33 bits per heavy atom. The molecule has 112 valence electrons. The van der Waals surface area contributed by atoms with Crippen molar-refractivity contribution < 1.29 is 4.74 Å². The number of hydrogen-bond acceptors (Lipinski definition) is 2. The highest BCUT2D eigenvalue weighted by atomic mass is 16.5. The van der Waals surface area contributed by atoms with Gasteiger partial charge in [-0.05, 0) is 48.7 Å². The van der Waals surface area contributed by atoms with E-state index in [2.05, 4.69) is 48.6 Å². The van der Waals surface area contributed by atoms with E-state index in [-0.39, 0.29) is 0 Å². The van der Waals surface area contributed by atoms with Gasteiger partial charge in [-0.2, -0.15) is 0 Å². The van der Waals surface area contributed by atoms with Gasteiger partial charge in [0.05, 0.1) is 7.11 Å². The number of ether oxygens (including phenoxy) is 1. The fourth-order valence-electron chi connectivity index (χ4n) is 2.53. The van der Waals surface area contributed by atoms with Gasteiger partial charge in [0.2, 0.25) is 0 Å². The summed E-state index contributed by atoms with van der Waals surface area (Å²) in [6, 6.07) is 15.3. The maximum atomic E-state index is 5.41. The van der Waals surface area contributed by atoms with Crippen LogP contribution < -0.4 is 10.1 Å². The molecular formula is C19H25NO. The third-order valence-electron chi connectivity index (χ3n) is 3.75. The molecule has 0 saturated carbocycles. The first-order valence-corrected chi connectivity index (χ1v) is 7.69. The molecular weight excluding hydrogens is 258 g/mol. The molecule has 0 aliphatic carbocycles. The van der Waals surface area contributed by atoms with Crippen LogP contribution in [-0.2, 0) is 13.0 Å². The van der Waals surface area contributed by atoms with Crippen molar-refractivity contribution in [1.29, 1.82) is 0 Å². The summed E-state index contributed by atoms with van der Waals surface area (Å²) in [6.45, 7) is 3.04. The highest BCUT2D eigenvalue weighted by Gasteiger charge is 2.05. The van der Waals surface area contributed by atoms with Crippen LogP contribution in [0.2, 0.25) is 0 Å². The molecule has 0 fully saturated rings. The number of aryl methyl sites for hydroxylation is 1. The van der Waals surface area contributed by atoms with E-state index in [0.29, 0.717) is 0 Å². The van der Waals surface area contributed by atoms with Crippen molar-refractivity contribution >= 4 is 0 Å². The molecule has 0 heterocycles. The molecule has 0 saturated heterocycles. The fraction of sp³-hybridized carbons (Fsp3) is 0.368.